The van der Waals surface area contributed by atoms with Gasteiger partial charge in [0, 0.05) is 6.42 Å². The van der Waals surface area contributed by atoms with Crippen molar-refractivity contribution in [3.63, 3.8) is 0 Å². The highest BCUT2D eigenvalue weighted by molar-refractivity contribution is 6.38. The average Bonchev–Trinajstić information content (AvgIpc) is 2.61. The molecule has 4 heteroatoms. The number of aliphatic carboxylic acids is 1. The molecule has 0 aromatic carbocycles. The molecule has 0 amide bonds. The van der Waals surface area contributed by atoms with Gasteiger partial charge in [0.05, 0.1) is 0 Å². The fraction of sp³-hybridized carbons (Fsp3) is 0.200. The molecule has 0 bridgehead atoms. The summed E-state index contributed by atoms with van der Waals surface area (Å²) in [6, 6.07) is 3.47. The van der Waals surface area contributed by atoms with Crippen LogP contribution in [0.3, 0.4) is 0 Å². The van der Waals surface area contributed by atoms with Crippen LogP contribution in [-0.2, 0) is 16.0 Å². The van der Waals surface area contributed by atoms with E-state index in [1.165, 1.54) is 6.08 Å². The number of carbonyl (C=O) groups is 2. The molecule has 4 nitrogen and oxygen atoms in total. The molecule has 0 saturated carbocycles. The molecule has 0 unspecified atom stereocenters. The number of hydrogen-bond acceptors (Lipinski definition) is 3. The molecule has 0 aliphatic heterocycles. The third-order valence-electron chi connectivity index (χ3n) is 1.64. The van der Waals surface area contributed by atoms with E-state index in [1.54, 1.807) is 12.1 Å². The molecule has 0 aliphatic rings. The first-order valence-electron chi connectivity index (χ1n) is 4.17. The van der Waals surface area contributed by atoms with Crippen molar-refractivity contribution in [2.24, 2.45) is 0 Å². The lowest BCUT2D eigenvalue weighted by Gasteiger charge is -1.86. The van der Waals surface area contributed by atoms with Gasteiger partial charge in [0.15, 0.2) is 0 Å². The molecule has 0 aliphatic carbocycles. The molecule has 14 heavy (non-hydrogen) atoms. The lowest BCUT2D eigenvalue weighted by Crippen LogP contribution is -2.08. The molecule has 1 aromatic heterocycles. The van der Waals surface area contributed by atoms with Crippen LogP contribution in [0.1, 0.15) is 18.4 Å². The van der Waals surface area contributed by atoms with Gasteiger partial charge in [-0.25, -0.2) is 4.79 Å². The van der Waals surface area contributed by atoms with Gasteiger partial charge in [-0.05, 0) is 24.3 Å². The second-order valence-electron chi connectivity index (χ2n) is 2.66. The lowest BCUT2D eigenvalue weighted by atomic mass is 10.3. The molecule has 1 aromatic rings. The Bertz CT molecular complexity index is 373. The Hall–Kier alpha value is -1.84. The van der Waals surface area contributed by atoms with Crippen LogP contribution >= 0.6 is 0 Å². The molecular weight excluding hydrogens is 184 g/mol. The van der Waals surface area contributed by atoms with Gasteiger partial charge in [-0.2, -0.15) is 0 Å². The molecule has 1 N–H and O–H groups in total. The number of rotatable bonds is 4. The smallest absolute Gasteiger partial charge is 0.376 e. The standard InChI is InChI=1S/C10H10O4/c1-2-7-3-4-8(14-7)5-6-9(11)10(12)13/h3-6H,2H2,1H3,(H,12,13)/b6-5+. The fourth-order valence-corrected chi connectivity index (χ4v) is 0.903. The second-order valence-corrected chi connectivity index (χ2v) is 2.66. The first-order valence-corrected chi connectivity index (χ1v) is 4.17. The van der Waals surface area contributed by atoms with Crippen molar-refractivity contribution >= 4 is 17.8 Å². The molecule has 0 fully saturated rings. The minimum absolute atomic E-state index is 0.483. The Balaban J connectivity index is 2.68. The Labute approximate surface area is 80.8 Å². The van der Waals surface area contributed by atoms with Crippen LogP contribution in [0.2, 0.25) is 0 Å². The number of furan rings is 1. The van der Waals surface area contributed by atoms with Crippen LogP contribution in [0, 0.1) is 0 Å². The Morgan fingerprint density at radius 2 is 2.21 bits per heavy atom. The van der Waals surface area contributed by atoms with E-state index in [2.05, 4.69) is 0 Å². The van der Waals surface area contributed by atoms with E-state index in [-0.39, 0.29) is 0 Å². The van der Waals surface area contributed by atoms with Gasteiger partial charge in [0.25, 0.3) is 5.78 Å². The molecule has 74 valence electrons. The summed E-state index contributed by atoms with van der Waals surface area (Å²) in [6.45, 7) is 1.94. The van der Waals surface area contributed by atoms with Crippen molar-refractivity contribution < 1.29 is 19.1 Å². The van der Waals surface area contributed by atoms with Crippen LogP contribution in [0.4, 0.5) is 0 Å². The Kier molecular flexibility index (Phi) is 3.23. The number of ketones is 1. The maximum atomic E-state index is 10.7. The summed E-state index contributed by atoms with van der Waals surface area (Å²) in [5.74, 6) is -1.15. The van der Waals surface area contributed by atoms with E-state index in [0.29, 0.717) is 5.76 Å². The first kappa shape index (κ1) is 10.2. The molecule has 1 rings (SSSR count). The fourth-order valence-electron chi connectivity index (χ4n) is 0.903. The van der Waals surface area contributed by atoms with Crippen molar-refractivity contribution in [1.82, 2.24) is 0 Å². The topological polar surface area (TPSA) is 67.5 Å². The van der Waals surface area contributed by atoms with Crippen LogP contribution in [0.25, 0.3) is 6.08 Å². The van der Waals surface area contributed by atoms with Crippen molar-refractivity contribution in [2.75, 3.05) is 0 Å². The molecule has 0 atom stereocenters. The van der Waals surface area contributed by atoms with E-state index in [4.69, 9.17) is 9.52 Å². The summed E-state index contributed by atoms with van der Waals surface area (Å²) in [6.07, 6.45) is 3.08. The highest BCUT2D eigenvalue weighted by atomic mass is 16.4. The quantitative estimate of drug-likeness (QED) is 0.582. The van der Waals surface area contributed by atoms with Crippen molar-refractivity contribution in [1.29, 1.82) is 0 Å². The summed E-state index contributed by atoms with van der Waals surface area (Å²) in [5, 5.41) is 8.28. The second kappa shape index (κ2) is 4.41. The zero-order valence-corrected chi connectivity index (χ0v) is 7.69. The summed E-state index contributed by atoms with van der Waals surface area (Å²) in [7, 11) is 0. The monoisotopic (exact) mass is 194 g/mol. The van der Waals surface area contributed by atoms with Gasteiger partial charge in [-0.1, -0.05) is 6.92 Å². The van der Waals surface area contributed by atoms with Gasteiger partial charge in [-0.15, -0.1) is 0 Å². The van der Waals surface area contributed by atoms with Crippen molar-refractivity contribution in [3.05, 3.63) is 29.7 Å². The zero-order chi connectivity index (χ0) is 10.6. The third kappa shape index (κ3) is 2.58. The largest absolute Gasteiger partial charge is 0.475 e. The highest BCUT2D eigenvalue weighted by Crippen LogP contribution is 2.09. The summed E-state index contributed by atoms with van der Waals surface area (Å²) in [4.78, 5) is 20.8. The SMILES string of the molecule is CCc1ccc(/C=C/C(=O)C(=O)O)o1. The maximum absolute atomic E-state index is 10.7. The average molecular weight is 194 g/mol. The first-order chi connectivity index (χ1) is 6.63. The van der Waals surface area contributed by atoms with Crippen LogP contribution in [0.15, 0.2) is 22.6 Å². The molecule has 1 heterocycles. The minimum atomic E-state index is -1.47. The van der Waals surface area contributed by atoms with Crippen molar-refractivity contribution in [2.45, 2.75) is 13.3 Å². The number of hydrogen-bond donors (Lipinski definition) is 1. The van der Waals surface area contributed by atoms with Gasteiger partial charge >= 0.3 is 5.97 Å². The van der Waals surface area contributed by atoms with Gasteiger partial charge in [-0.3, -0.25) is 4.79 Å². The Morgan fingerprint density at radius 3 is 2.71 bits per heavy atom. The summed E-state index contributed by atoms with van der Waals surface area (Å²) >= 11 is 0. The summed E-state index contributed by atoms with van der Waals surface area (Å²) in [5.41, 5.74) is 0. The van der Waals surface area contributed by atoms with Crippen LogP contribution in [-0.4, -0.2) is 16.9 Å². The third-order valence-corrected chi connectivity index (χ3v) is 1.64. The Morgan fingerprint density at radius 1 is 1.50 bits per heavy atom. The van der Waals surface area contributed by atoms with E-state index in [9.17, 15) is 9.59 Å². The van der Waals surface area contributed by atoms with Crippen LogP contribution in [0.5, 0.6) is 0 Å². The predicted octanol–water partition coefficient (Wildman–Crippen LogP) is 1.51. The zero-order valence-electron chi connectivity index (χ0n) is 7.69. The van der Waals surface area contributed by atoms with Gasteiger partial charge in [0.1, 0.15) is 11.5 Å². The van der Waals surface area contributed by atoms with Gasteiger partial charge in [0.2, 0.25) is 0 Å². The highest BCUT2D eigenvalue weighted by Gasteiger charge is 2.06. The molecule has 0 saturated heterocycles. The van der Waals surface area contributed by atoms with Crippen molar-refractivity contribution in [3.8, 4) is 0 Å². The van der Waals surface area contributed by atoms with E-state index >= 15 is 0 Å². The normalized spacial score (nSPS) is 10.6. The molecule has 0 radical (unpaired) electrons. The van der Waals surface area contributed by atoms with Gasteiger partial charge < -0.3 is 9.52 Å². The number of carboxylic acids is 1. The predicted molar refractivity (Wildman–Crippen MR) is 49.8 cm³/mol. The number of carboxylic acid groups (broad SMARTS) is 1. The van der Waals surface area contributed by atoms with E-state index < -0.39 is 11.8 Å². The minimum Gasteiger partial charge on any atom is -0.475 e. The molecule has 0 spiro atoms. The van der Waals surface area contributed by atoms with E-state index in [1.807, 2.05) is 6.92 Å². The number of carbonyl (C=O) groups excluding carboxylic acids is 1. The number of aryl methyl sites for hydroxylation is 1. The molecular formula is C10H10O4. The van der Waals surface area contributed by atoms with Crippen LogP contribution < -0.4 is 0 Å². The summed E-state index contributed by atoms with van der Waals surface area (Å²) < 4.78 is 5.23. The lowest BCUT2D eigenvalue weighted by molar-refractivity contribution is -0.146. The van der Waals surface area contributed by atoms with E-state index in [0.717, 1.165) is 18.3 Å². The maximum Gasteiger partial charge on any atom is 0.376 e.